The first-order valence-corrected chi connectivity index (χ1v) is 10.9. The van der Waals surface area contributed by atoms with Crippen LogP contribution >= 0.6 is 0 Å². The van der Waals surface area contributed by atoms with E-state index in [0.717, 1.165) is 6.42 Å². The minimum Gasteiger partial charge on any atom is -0.467 e. The number of hydrogen-bond acceptors (Lipinski definition) is 6. The summed E-state index contributed by atoms with van der Waals surface area (Å²) in [6, 6.07) is -0.767. The van der Waals surface area contributed by atoms with Crippen LogP contribution in [0.3, 0.4) is 0 Å². The number of alkyl carbamates (subject to hydrolysis) is 1. The van der Waals surface area contributed by atoms with Crippen LogP contribution in [0.1, 0.15) is 80.6 Å². The Bertz CT molecular complexity index is 613. The van der Waals surface area contributed by atoms with Gasteiger partial charge in [-0.3, -0.25) is 9.59 Å². The second kappa shape index (κ2) is 13.2. The number of amides is 3. The smallest absolute Gasteiger partial charge is 0.407 e. The number of unbranched alkanes of at least 4 members (excludes halogenated alkanes) is 2. The molecule has 9 heteroatoms. The summed E-state index contributed by atoms with van der Waals surface area (Å²) in [7, 11) is 1.28. The third kappa shape index (κ3) is 12.2. The zero-order valence-corrected chi connectivity index (χ0v) is 20.3. The Kier molecular flexibility index (Phi) is 12.2. The number of carbonyl (C=O) groups is 4. The molecule has 0 saturated carbocycles. The summed E-state index contributed by atoms with van der Waals surface area (Å²) in [4.78, 5) is 48.4. The lowest BCUT2D eigenvalue weighted by Crippen LogP contribution is -2.59. The number of carbonyl (C=O) groups excluding carboxylic acids is 4. The van der Waals surface area contributed by atoms with Gasteiger partial charge in [-0.25, -0.2) is 9.59 Å². The average molecular weight is 444 g/mol. The summed E-state index contributed by atoms with van der Waals surface area (Å²) in [5.41, 5.74) is -1.71. The van der Waals surface area contributed by atoms with Gasteiger partial charge < -0.3 is 25.4 Å². The number of hydrogen-bond donors (Lipinski definition) is 3. The molecule has 0 aromatic heterocycles. The molecule has 180 valence electrons. The molecule has 31 heavy (non-hydrogen) atoms. The number of rotatable bonds is 12. The molecule has 0 saturated heterocycles. The fourth-order valence-electron chi connectivity index (χ4n) is 2.68. The van der Waals surface area contributed by atoms with Crippen molar-refractivity contribution in [3.05, 3.63) is 0 Å². The highest BCUT2D eigenvalue weighted by Gasteiger charge is 2.34. The molecule has 3 amide bonds. The molecule has 0 aromatic carbocycles. The van der Waals surface area contributed by atoms with E-state index in [-0.39, 0.29) is 18.2 Å². The minimum atomic E-state index is -1.17. The molecular weight excluding hydrogens is 402 g/mol. The maximum absolute atomic E-state index is 12.6. The van der Waals surface area contributed by atoms with E-state index in [2.05, 4.69) is 16.0 Å². The van der Waals surface area contributed by atoms with Gasteiger partial charge in [0.05, 0.1) is 7.11 Å². The summed E-state index contributed by atoms with van der Waals surface area (Å²) in [5.74, 6) is -1.31. The SMILES string of the molecule is CC[C@H](C)[C@H](NC(=O)C(C)(C)NC(=O)CCCCCNC(=O)OC(C)(C)C)C(=O)OC. The van der Waals surface area contributed by atoms with Gasteiger partial charge >= 0.3 is 12.1 Å². The molecule has 0 bridgehead atoms. The first kappa shape index (κ1) is 28.7. The van der Waals surface area contributed by atoms with E-state index in [9.17, 15) is 19.2 Å². The van der Waals surface area contributed by atoms with Crippen molar-refractivity contribution in [3.63, 3.8) is 0 Å². The van der Waals surface area contributed by atoms with E-state index in [4.69, 9.17) is 9.47 Å². The second-order valence-corrected chi connectivity index (χ2v) is 9.27. The van der Waals surface area contributed by atoms with E-state index in [1.165, 1.54) is 7.11 Å². The molecule has 0 aromatic rings. The fourth-order valence-corrected chi connectivity index (χ4v) is 2.68. The predicted molar refractivity (Wildman–Crippen MR) is 118 cm³/mol. The highest BCUT2D eigenvalue weighted by atomic mass is 16.6. The first-order valence-electron chi connectivity index (χ1n) is 10.9. The molecule has 0 aliphatic rings. The summed E-state index contributed by atoms with van der Waals surface area (Å²) in [6.07, 6.45) is 2.57. The van der Waals surface area contributed by atoms with Crippen LogP contribution in [0, 0.1) is 5.92 Å². The number of nitrogens with one attached hydrogen (secondary N) is 3. The molecule has 0 spiro atoms. The van der Waals surface area contributed by atoms with E-state index in [1.807, 2.05) is 13.8 Å². The topological polar surface area (TPSA) is 123 Å². The molecule has 3 N–H and O–H groups in total. The number of esters is 1. The van der Waals surface area contributed by atoms with Crippen molar-refractivity contribution >= 4 is 23.9 Å². The third-order valence-electron chi connectivity index (χ3n) is 4.72. The monoisotopic (exact) mass is 443 g/mol. The Morgan fingerprint density at radius 3 is 2.10 bits per heavy atom. The van der Waals surface area contributed by atoms with E-state index >= 15 is 0 Å². The van der Waals surface area contributed by atoms with Crippen LogP contribution < -0.4 is 16.0 Å². The molecule has 0 heterocycles. The van der Waals surface area contributed by atoms with Crippen molar-refractivity contribution in [2.75, 3.05) is 13.7 Å². The van der Waals surface area contributed by atoms with Crippen molar-refractivity contribution in [1.82, 2.24) is 16.0 Å². The maximum atomic E-state index is 12.6. The Labute approximate surface area is 186 Å². The Balaban J connectivity index is 4.37. The van der Waals surface area contributed by atoms with Crippen LogP contribution in [0.25, 0.3) is 0 Å². The van der Waals surface area contributed by atoms with Crippen molar-refractivity contribution < 1.29 is 28.7 Å². The fraction of sp³-hybridized carbons (Fsp3) is 0.818. The van der Waals surface area contributed by atoms with Crippen molar-refractivity contribution in [1.29, 1.82) is 0 Å². The largest absolute Gasteiger partial charge is 0.467 e. The molecule has 0 fully saturated rings. The quantitative estimate of drug-likeness (QED) is 0.315. The predicted octanol–water partition coefficient (Wildman–Crippen LogP) is 2.67. The van der Waals surface area contributed by atoms with Gasteiger partial charge in [0, 0.05) is 13.0 Å². The van der Waals surface area contributed by atoms with Crippen molar-refractivity contribution in [2.45, 2.75) is 97.8 Å². The highest BCUT2D eigenvalue weighted by molar-refractivity contribution is 5.93. The summed E-state index contributed by atoms with van der Waals surface area (Å²) < 4.78 is 9.93. The molecule has 9 nitrogen and oxygen atoms in total. The third-order valence-corrected chi connectivity index (χ3v) is 4.72. The molecule has 0 radical (unpaired) electrons. The lowest BCUT2D eigenvalue weighted by Gasteiger charge is -2.29. The van der Waals surface area contributed by atoms with Crippen LogP contribution in [0.4, 0.5) is 4.79 Å². The standard InChI is InChI=1S/C22H41N3O6/c1-9-15(2)17(18(27)30-8)24-19(28)22(6,7)25-16(26)13-11-10-12-14-23-20(29)31-21(3,4)5/h15,17H,9-14H2,1-8H3,(H,23,29)(H,24,28)(H,25,26)/t15-,17-/m0/s1. The van der Waals surface area contributed by atoms with E-state index in [1.54, 1.807) is 34.6 Å². The van der Waals surface area contributed by atoms with E-state index in [0.29, 0.717) is 25.8 Å². The Morgan fingerprint density at radius 2 is 1.58 bits per heavy atom. The molecule has 0 unspecified atom stereocenters. The van der Waals surface area contributed by atoms with Crippen LogP contribution in [-0.4, -0.2) is 54.7 Å². The second-order valence-electron chi connectivity index (χ2n) is 9.27. The van der Waals surface area contributed by atoms with E-state index < -0.39 is 35.2 Å². The molecular formula is C22H41N3O6. The molecule has 0 aliphatic heterocycles. The number of ether oxygens (including phenoxy) is 2. The zero-order chi connectivity index (χ0) is 24.2. The summed E-state index contributed by atoms with van der Waals surface area (Å²) in [5, 5.41) is 8.09. The van der Waals surface area contributed by atoms with Crippen LogP contribution in [0.15, 0.2) is 0 Å². The van der Waals surface area contributed by atoms with Crippen LogP contribution in [0.2, 0.25) is 0 Å². The molecule has 2 atom stereocenters. The van der Waals surface area contributed by atoms with Gasteiger partial charge in [-0.2, -0.15) is 0 Å². The van der Waals surface area contributed by atoms with Crippen molar-refractivity contribution in [3.8, 4) is 0 Å². The average Bonchev–Trinajstić information content (AvgIpc) is 2.65. The van der Waals surface area contributed by atoms with Crippen LogP contribution in [0.5, 0.6) is 0 Å². The lowest BCUT2D eigenvalue weighted by molar-refractivity contribution is -0.147. The van der Waals surface area contributed by atoms with Crippen molar-refractivity contribution in [2.24, 2.45) is 5.92 Å². The minimum absolute atomic E-state index is 0.0998. The number of methoxy groups -OCH3 is 1. The molecule has 0 aliphatic carbocycles. The van der Waals surface area contributed by atoms with Gasteiger partial charge in [-0.05, 0) is 53.4 Å². The zero-order valence-electron chi connectivity index (χ0n) is 20.3. The van der Waals surface area contributed by atoms with Gasteiger partial charge in [0.15, 0.2) is 0 Å². The highest BCUT2D eigenvalue weighted by Crippen LogP contribution is 2.12. The lowest BCUT2D eigenvalue weighted by atomic mass is 9.96. The van der Waals surface area contributed by atoms with Gasteiger partial charge in [0.25, 0.3) is 0 Å². The summed E-state index contributed by atoms with van der Waals surface area (Å²) >= 11 is 0. The van der Waals surface area contributed by atoms with Gasteiger partial charge in [0.2, 0.25) is 11.8 Å². The van der Waals surface area contributed by atoms with Gasteiger partial charge in [-0.1, -0.05) is 26.7 Å². The van der Waals surface area contributed by atoms with Crippen LogP contribution in [-0.2, 0) is 23.9 Å². The maximum Gasteiger partial charge on any atom is 0.407 e. The Hall–Kier alpha value is -2.32. The normalized spacial score (nSPS) is 13.5. The summed E-state index contributed by atoms with van der Waals surface area (Å²) in [6.45, 7) is 12.8. The van der Waals surface area contributed by atoms with Gasteiger partial charge in [0.1, 0.15) is 17.2 Å². The first-order chi connectivity index (χ1) is 14.2. The van der Waals surface area contributed by atoms with Gasteiger partial charge in [-0.15, -0.1) is 0 Å². The Morgan fingerprint density at radius 1 is 0.968 bits per heavy atom. The molecule has 0 rings (SSSR count).